The number of anilines is 2. The summed E-state index contributed by atoms with van der Waals surface area (Å²) < 4.78 is 11.7. The maximum absolute atomic E-state index is 12.2. The second-order valence-electron chi connectivity index (χ2n) is 10.2. The molecule has 1 aliphatic rings. The Morgan fingerprint density at radius 1 is 1.05 bits per heavy atom. The molecule has 2 heterocycles. The number of ether oxygens (including phenoxy) is 1. The third-order valence-electron chi connectivity index (χ3n) is 6.92. The first-order valence-corrected chi connectivity index (χ1v) is 13.2. The largest absolute Gasteiger partial charge is 0.473 e. The van der Waals surface area contributed by atoms with Crippen molar-refractivity contribution in [3.8, 4) is 28.6 Å². The number of Topliss-reactive ketones (excluding diaryl/α,β-unsaturated/α-hetero) is 1. The van der Waals surface area contributed by atoms with Gasteiger partial charge in [0, 0.05) is 48.8 Å². The van der Waals surface area contributed by atoms with Crippen molar-refractivity contribution in [1.82, 2.24) is 10.1 Å². The van der Waals surface area contributed by atoms with Gasteiger partial charge in [0.15, 0.2) is 12.5 Å². The molecule has 0 amide bonds. The van der Waals surface area contributed by atoms with Gasteiger partial charge in [-0.15, -0.1) is 0 Å². The maximum Gasteiger partial charge on any atom is 0.258 e. The van der Waals surface area contributed by atoms with Gasteiger partial charge in [0.25, 0.3) is 5.89 Å². The van der Waals surface area contributed by atoms with E-state index in [1.807, 2.05) is 55.5 Å². The molecule has 0 radical (unpaired) electrons. The topological polar surface area (TPSA) is 71.7 Å². The Morgan fingerprint density at radius 3 is 2.71 bits per heavy atom. The average Bonchev–Trinajstić information content (AvgIpc) is 3.45. The van der Waals surface area contributed by atoms with Gasteiger partial charge < -0.3 is 19.1 Å². The molecule has 0 saturated carbocycles. The number of fused-ring (bicyclic) bond motifs is 1. The molecule has 7 heteroatoms. The molecule has 7 nitrogen and oxygen atoms in total. The highest BCUT2D eigenvalue weighted by Crippen LogP contribution is 2.37. The van der Waals surface area contributed by atoms with Crippen molar-refractivity contribution < 1.29 is 14.1 Å². The number of carbonyl (C=O) groups excluding carboxylic acids is 1. The number of carbonyl (C=O) groups is 1. The number of nitrogens with zero attached hydrogens (tertiary/aromatic N) is 4. The quantitative estimate of drug-likeness (QED) is 0.228. The van der Waals surface area contributed by atoms with E-state index >= 15 is 0 Å². The van der Waals surface area contributed by atoms with E-state index in [0.29, 0.717) is 36.3 Å². The lowest BCUT2D eigenvalue weighted by atomic mass is 10.1. The normalized spacial score (nSPS) is 12.8. The summed E-state index contributed by atoms with van der Waals surface area (Å²) in [5.74, 6) is 2.53. The minimum atomic E-state index is 0.0822. The van der Waals surface area contributed by atoms with Crippen LogP contribution in [-0.2, 0) is 6.54 Å². The van der Waals surface area contributed by atoms with Gasteiger partial charge in [-0.05, 0) is 48.7 Å². The molecule has 1 aliphatic heterocycles. The van der Waals surface area contributed by atoms with E-state index < -0.39 is 0 Å². The number of hydrogen-bond donors (Lipinski definition) is 0. The predicted molar refractivity (Wildman–Crippen MR) is 151 cm³/mol. The predicted octanol–water partition coefficient (Wildman–Crippen LogP) is 6.84. The summed E-state index contributed by atoms with van der Waals surface area (Å²) in [6.07, 6.45) is 1.55. The smallest absolute Gasteiger partial charge is 0.258 e. The van der Waals surface area contributed by atoms with Crippen molar-refractivity contribution in [3.05, 3.63) is 77.9 Å². The summed E-state index contributed by atoms with van der Waals surface area (Å²) >= 11 is 0. The summed E-state index contributed by atoms with van der Waals surface area (Å²) in [4.78, 5) is 21.4. The third-order valence-corrected chi connectivity index (χ3v) is 6.92. The molecule has 0 saturated heterocycles. The SMILES string of the molecule is CCC(=O)c1cccc(-c2nc(-c3ccc(N(C)CCC(C)C)c(N4COc5ccccc5C4)c3)no2)c1. The molecule has 0 aliphatic carbocycles. The van der Waals surface area contributed by atoms with Crippen LogP contribution in [0.3, 0.4) is 0 Å². The lowest BCUT2D eigenvalue weighted by Crippen LogP contribution is -2.33. The Bertz CT molecular complexity index is 1430. The standard InChI is InChI=1S/C31H34N4O3/c1-5-28(36)22-10-8-11-24(17-22)31-32-30(33-38-31)23-13-14-26(34(4)16-15-21(2)3)27(18-23)35-19-25-9-6-7-12-29(25)37-20-35/h6-14,17-18,21H,5,15-16,19-20H2,1-4H3. The van der Waals surface area contributed by atoms with E-state index in [9.17, 15) is 4.79 Å². The Hall–Kier alpha value is -4.13. The highest BCUT2D eigenvalue weighted by Gasteiger charge is 2.23. The minimum Gasteiger partial charge on any atom is -0.473 e. The van der Waals surface area contributed by atoms with Crippen molar-refractivity contribution in [2.45, 2.75) is 40.2 Å². The fourth-order valence-electron chi connectivity index (χ4n) is 4.63. The number of ketones is 1. The molecule has 196 valence electrons. The Labute approximate surface area is 224 Å². The van der Waals surface area contributed by atoms with Crippen LogP contribution in [0.5, 0.6) is 5.75 Å². The Balaban J connectivity index is 1.48. The molecule has 3 aromatic carbocycles. The van der Waals surface area contributed by atoms with Crippen molar-refractivity contribution in [2.75, 3.05) is 30.1 Å². The zero-order valence-corrected chi connectivity index (χ0v) is 22.5. The van der Waals surface area contributed by atoms with Gasteiger partial charge in [-0.1, -0.05) is 56.3 Å². The van der Waals surface area contributed by atoms with E-state index in [1.54, 1.807) is 0 Å². The summed E-state index contributed by atoms with van der Waals surface area (Å²) in [6.45, 7) is 8.51. The van der Waals surface area contributed by atoms with Crippen LogP contribution in [0.4, 0.5) is 11.4 Å². The number of hydrogen-bond acceptors (Lipinski definition) is 7. The second kappa shape index (κ2) is 11.1. The molecule has 0 unspecified atom stereocenters. The fraction of sp³-hybridized carbons (Fsp3) is 0.323. The molecule has 1 aromatic heterocycles. The zero-order valence-electron chi connectivity index (χ0n) is 22.5. The van der Waals surface area contributed by atoms with Crippen LogP contribution in [0, 0.1) is 5.92 Å². The zero-order chi connectivity index (χ0) is 26.6. The van der Waals surface area contributed by atoms with Crippen LogP contribution in [0.2, 0.25) is 0 Å². The first-order chi connectivity index (χ1) is 18.4. The van der Waals surface area contributed by atoms with Gasteiger partial charge >= 0.3 is 0 Å². The van der Waals surface area contributed by atoms with Crippen LogP contribution in [0.25, 0.3) is 22.8 Å². The monoisotopic (exact) mass is 510 g/mol. The average molecular weight is 511 g/mol. The summed E-state index contributed by atoms with van der Waals surface area (Å²) in [6, 6.07) is 21.8. The highest BCUT2D eigenvalue weighted by atomic mass is 16.5. The third kappa shape index (κ3) is 5.42. The molecule has 0 bridgehead atoms. The molecular weight excluding hydrogens is 476 g/mol. The first kappa shape index (κ1) is 25.5. The van der Waals surface area contributed by atoms with Crippen LogP contribution in [0.15, 0.2) is 71.3 Å². The molecule has 0 spiro atoms. The van der Waals surface area contributed by atoms with E-state index in [0.717, 1.165) is 53.3 Å². The summed E-state index contributed by atoms with van der Waals surface area (Å²) in [5.41, 5.74) is 5.58. The second-order valence-corrected chi connectivity index (χ2v) is 10.2. The van der Waals surface area contributed by atoms with Gasteiger partial charge in [-0.3, -0.25) is 4.79 Å². The van der Waals surface area contributed by atoms with Gasteiger partial charge in [0.1, 0.15) is 5.75 Å². The Kier molecular flexibility index (Phi) is 7.45. The van der Waals surface area contributed by atoms with Crippen molar-refractivity contribution in [1.29, 1.82) is 0 Å². The number of aromatic nitrogens is 2. The van der Waals surface area contributed by atoms with E-state index in [1.165, 1.54) is 0 Å². The van der Waals surface area contributed by atoms with Crippen LogP contribution >= 0.6 is 0 Å². The van der Waals surface area contributed by atoms with Gasteiger partial charge in [0.05, 0.1) is 11.4 Å². The van der Waals surface area contributed by atoms with Crippen molar-refractivity contribution >= 4 is 17.2 Å². The van der Waals surface area contributed by atoms with E-state index in [2.05, 4.69) is 59.0 Å². The van der Waals surface area contributed by atoms with Crippen molar-refractivity contribution in [3.63, 3.8) is 0 Å². The molecule has 0 fully saturated rings. The summed E-state index contributed by atoms with van der Waals surface area (Å²) in [5, 5.41) is 4.28. The van der Waals surface area contributed by atoms with Gasteiger partial charge in [-0.25, -0.2) is 0 Å². The van der Waals surface area contributed by atoms with Gasteiger partial charge in [-0.2, -0.15) is 4.98 Å². The van der Waals surface area contributed by atoms with Gasteiger partial charge in [0.2, 0.25) is 5.82 Å². The van der Waals surface area contributed by atoms with Crippen LogP contribution in [0.1, 0.15) is 49.5 Å². The lowest BCUT2D eigenvalue weighted by Gasteiger charge is -2.34. The Morgan fingerprint density at radius 2 is 1.89 bits per heavy atom. The number of para-hydroxylation sites is 1. The molecule has 38 heavy (non-hydrogen) atoms. The molecule has 0 atom stereocenters. The van der Waals surface area contributed by atoms with E-state index in [4.69, 9.17) is 9.26 Å². The molecule has 0 N–H and O–H groups in total. The molecule has 4 aromatic rings. The first-order valence-electron chi connectivity index (χ1n) is 13.2. The fourth-order valence-corrected chi connectivity index (χ4v) is 4.63. The maximum atomic E-state index is 12.2. The van der Waals surface area contributed by atoms with Crippen LogP contribution in [-0.4, -0.2) is 36.2 Å². The highest BCUT2D eigenvalue weighted by molar-refractivity contribution is 5.96. The number of benzene rings is 3. The van der Waals surface area contributed by atoms with E-state index in [-0.39, 0.29) is 5.78 Å². The molecule has 5 rings (SSSR count). The van der Waals surface area contributed by atoms with Crippen molar-refractivity contribution in [2.24, 2.45) is 5.92 Å². The van der Waals surface area contributed by atoms with Crippen LogP contribution < -0.4 is 14.5 Å². The minimum absolute atomic E-state index is 0.0822. The molecular formula is C31H34N4O3. The lowest BCUT2D eigenvalue weighted by molar-refractivity contribution is 0.0988. The number of rotatable bonds is 9. The summed E-state index contributed by atoms with van der Waals surface area (Å²) in [7, 11) is 2.14.